The number of anilines is 2. The summed E-state index contributed by atoms with van der Waals surface area (Å²) in [5.41, 5.74) is 0.692. The molecule has 2 aliphatic rings. The van der Waals surface area contributed by atoms with Gasteiger partial charge in [-0.05, 0) is 91.8 Å². The highest BCUT2D eigenvalue weighted by molar-refractivity contribution is 5.86. The second-order valence-corrected chi connectivity index (χ2v) is 12.4. The van der Waals surface area contributed by atoms with Crippen LogP contribution in [0.5, 0.6) is 0 Å². The number of halogens is 6. The zero-order valence-electron chi connectivity index (χ0n) is 25.2. The number of rotatable bonds is 11. The quantitative estimate of drug-likeness (QED) is 0.156. The van der Waals surface area contributed by atoms with Crippen molar-refractivity contribution in [3.8, 4) is 0 Å². The van der Waals surface area contributed by atoms with Crippen molar-refractivity contribution in [2.75, 3.05) is 22.9 Å². The minimum absolute atomic E-state index is 0.138. The average Bonchev–Trinajstić information content (AvgIpc) is 3.94. The molecule has 0 saturated heterocycles. The Morgan fingerprint density at radius 1 is 0.756 bits per heavy atom. The number of fused-ring (bicyclic) bond motifs is 1. The maximum atomic E-state index is 13.8. The third-order valence-corrected chi connectivity index (χ3v) is 8.66. The van der Waals surface area contributed by atoms with Crippen LogP contribution in [0.1, 0.15) is 66.0 Å². The van der Waals surface area contributed by atoms with E-state index in [9.17, 15) is 26.3 Å². The average molecular weight is 628 g/mol. The summed E-state index contributed by atoms with van der Waals surface area (Å²) in [5.74, 6) is 2.18. The highest BCUT2D eigenvalue weighted by Gasteiger charge is 2.37. The summed E-state index contributed by atoms with van der Waals surface area (Å²) < 4.78 is 82.6. The van der Waals surface area contributed by atoms with Gasteiger partial charge >= 0.3 is 12.4 Å². The van der Waals surface area contributed by atoms with Crippen molar-refractivity contribution in [1.29, 1.82) is 0 Å². The van der Waals surface area contributed by atoms with E-state index >= 15 is 0 Å². The molecule has 0 radical (unpaired) electrons. The van der Waals surface area contributed by atoms with Crippen LogP contribution in [0.4, 0.5) is 38.1 Å². The zero-order chi connectivity index (χ0) is 31.9. The van der Waals surface area contributed by atoms with Gasteiger partial charge in [-0.15, -0.1) is 0 Å². The lowest BCUT2D eigenvalue weighted by atomic mass is 10.0. The van der Waals surface area contributed by atoms with E-state index in [2.05, 4.69) is 14.9 Å². The SMILES string of the molecule is CCc1cnc(N(Cc2cc(C(F)(F)F)cc(C(F)(F)F)c2)Cc2c(N(CC3CC3)CC3CC3)nc3ccccc3c2C)nc1. The number of benzene rings is 2. The lowest BCUT2D eigenvalue weighted by Crippen LogP contribution is -2.32. The monoisotopic (exact) mass is 627 g/mol. The number of aryl methyl sites for hydroxylation is 2. The molecule has 4 aromatic rings. The van der Waals surface area contributed by atoms with E-state index in [0.717, 1.165) is 84.3 Å². The molecule has 45 heavy (non-hydrogen) atoms. The van der Waals surface area contributed by atoms with Gasteiger partial charge in [0.25, 0.3) is 0 Å². The highest BCUT2D eigenvalue weighted by Crippen LogP contribution is 2.40. The topological polar surface area (TPSA) is 45.2 Å². The summed E-state index contributed by atoms with van der Waals surface area (Å²) in [7, 11) is 0. The Morgan fingerprint density at radius 3 is 1.87 bits per heavy atom. The molecule has 2 fully saturated rings. The number of aromatic nitrogens is 3. The van der Waals surface area contributed by atoms with Gasteiger partial charge in [0.1, 0.15) is 5.82 Å². The molecule has 0 atom stereocenters. The molecule has 0 amide bonds. The molecule has 238 valence electrons. The van der Waals surface area contributed by atoms with Crippen molar-refractivity contribution in [2.24, 2.45) is 11.8 Å². The summed E-state index contributed by atoms with van der Waals surface area (Å²) in [6.07, 6.45) is -1.31. The lowest BCUT2D eigenvalue weighted by Gasteiger charge is -2.31. The molecule has 5 nitrogen and oxygen atoms in total. The third kappa shape index (κ3) is 7.34. The van der Waals surface area contributed by atoms with Crippen LogP contribution < -0.4 is 9.80 Å². The molecule has 0 N–H and O–H groups in total. The van der Waals surface area contributed by atoms with Crippen LogP contribution in [0, 0.1) is 18.8 Å². The molecule has 0 bridgehead atoms. The number of hydrogen-bond acceptors (Lipinski definition) is 5. The first-order valence-electron chi connectivity index (χ1n) is 15.4. The van der Waals surface area contributed by atoms with E-state index in [1.807, 2.05) is 38.1 Å². The van der Waals surface area contributed by atoms with E-state index in [-0.39, 0.29) is 30.7 Å². The normalized spacial score (nSPS) is 15.5. The number of alkyl halides is 6. The van der Waals surface area contributed by atoms with Crippen LogP contribution in [0.3, 0.4) is 0 Å². The molecule has 2 aromatic heterocycles. The van der Waals surface area contributed by atoms with E-state index < -0.39 is 23.5 Å². The molecule has 0 aliphatic heterocycles. The Kier molecular flexibility index (Phi) is 8.39. The molecule has 6 rings (SSSR count). The molecule has 2 saturated carbocycles. The largest absolute Gasteiger partial charge is 0.416 e. The molecule has 0 spiro atoms. The minimum atomic E-state index is -4.95. The van der Waals surface area contributed by atoms with Crippen molar-refractivity contribution in [1.82, 2.24) is 15.0 Å². The van der Waals surface area contributed by atoms with Gasteiger partial charge in [0.2, 0.25) is 5.95 Å². The fourth-order valence-corrected chi connectivity index (χ4v) is 5.74. The number of hydrogen-bond donors (Lipinski definition) is 0. The van der Waals surface area contributed by atoms with Crippen molar-refractivity contribution in [2.45, 2.75) is 71.4 Å². The Labute approximate surface area is 258 Å². The first-order valence-corrected chi connectivity index (χ1v) is 15.4. The first-order chi connectivity index (χ1) is 21.4. The zero-order valence-corrected chi connectivity index (χ0v) is 25.2. The Bertz CT molecular complexity index is 1610. The maximum absolute atomic E-state index is 13.8. The van der Waals surface area contributed by atoms with Gasteiger partial charge < -0.3 is 9.80 Å². The van der Waals surface area contributed by atoms with Gasteiger partial charge in [-0.2, -0.15) is 26.3 Å². The third-order valence-electron chi connectivity index (χ3n) is 8.66. The Morgan fingerprint density at radius 2 is 1.33 bits per heavy atom. The van der Waals surface area contributed by atoms with E-state index in [1.165, 1.54) is 0 Å². The van der Waals surface area contributed by atoms with Gasteiger partial charge in [-0.25, -0.2) is 15.0 Å². The highest BCUT2D eigenvalue weighted by atomic mass is 19.4. The van der Waals surface area contributed by atoms with E-state index in [0.29, 0.717) is 18.3 Å². The van der Waals surface area contributed by atoms with Crippen LogP contribution in [-0.4, -0.2) is 28.0 Å². The predicted molar refractivity (Wildman–Crippen MR) is 162 cm³/mol. The van der Waals surface area contributed by atoms with Gasteiger partial charge in [-0.1, -0.05) is 25.1 Å². The standard InChI is InChI=1S/C34H35F6N5/c1-3-22-15-41-32(42-16-22)45(19-25-12-26(33(35,36)37)14-27(13-25)34(38,39)40)20-29-21(2)28-6-4-5-7-30(28)43-31(29)44(17-23-8-9-23)18-24-10-11-24/h4-7,12-16,23-24H,3,8-11,17-20H2,1-2H3. The molecular weight excluding hydrogens is 592 g/mol. The van der Waals surface area contributed by atoms with E-state index in [1.54, 1.807) is 17.3 Å². The number of nitrogens with zero attached hydrogens (tertiary/aromatic N) is 5. The predicted octanol–water partition coefficient (Wildman–Crippen LogP) is 8.77. The van der Waals surface area contributed by atoms with Crippen LogP contribution in [0.25, 0.3) is 10.9 Å². The second kappa shape index (κ2) is 12.1. The minimum Gasteiger partial charge on any atom is -0.356 e. The lowest BCUT2D eigenvalue weighted by molar-refractivity contribution is -0.143. The van der Waals surface area contributed by atoms with Gasteiger partial charge in [0.05, 0.1) is 23.2 Å². The maximum Gasteiger partial charge on any atom is 0.416 e. The summed E-state index contributed by atoms with van der Waals surface area (Å²) >= 11 is 0. The van der Waals surface area contributed by atoms with Crippen LogP contribution in [0.2, 0.25) is 0 Å². The number of para-hydroxylation sites is 1. The van der Waals surface area contributed by atoms with Crippen LogP contribution >= 0.6 is 0 Å². The summed E-state index contributed by atoms with van der Waals surface area (Å²) in [6, 6.07) is 9.53. The molecule has 2 aliphatic carbocycles. The molecular formula is C34H35F6N5. The molecule has 11 heteroatoms. The first kappa shape index (κ1) is 31.1. The molecule has 2 heterocycles. The fraction of sp³-hybridized carbons (Fsp3) is 0.441. The van der Waals surface area contributed by atoms with Crippen molar-refractivity contribution in [3.63, 3.8) is 0 Å². The Balaban J connectivity index is 1.47. The second-order valence-electron chi connectivity index (χ2n) is 12.4. The Hall–Kier alpha value is -3.89. The van der Waals surface area contributed by atoms with Gasteiger partial charge in [0.15, 0.2) is 0 Å². The van der Waals surface area contributed by atoms with Crippen molar-refractivity contribution in [3.05, 3.63) is 88.2 Å². The number of pyridine rings is 1. The van der Waals surface area contributed by atoms with Crippen LogP contribution in [-0.2, 0) is 31.9 Å². The summed E-state index contributed by atoms with van der Waals surface area (Å²) in [4.78, 5) is 18.1. The smallest absolute Gasteiger partial charge is 0.356 e. The summed E-state index contributed by atoms with van der Waals surface area (Å²) in [5, 5.41) is 0.940. The fourth-order valence-electron chi connectivity index (χ4n) is 5.74. The molecule has 2 aromatic carbocycles. The van der Waals surface area contributed by atoms with Crippen molar-refractivity contribution < 1.29 is 26.3 Å². The van der Waals surface area contributed by atoms with E-state index in [4.69, 9.17) is 4.98 Å². The van der Waals surface area contributed by atoms with Crippen molar-refractivity contribution >= 4 is 22.7 Å². The summed E-state index contributed by atoms with van der Waals surface area (Å²) in [6.45, 7) is 5.54. The van der Waals surface area contributed by atoms with Crippen LogP contribution in [0.15, 0.2) is 54.9 Å². The van der Waals surface area contributed by atoms with Gasteiger partial charge in [-0.3, -0.25) is 0 Å². The molecule has 0 unspecified atom stereocenters. The van der Waals surface area contributed by atoms with Gasteiger partial charge in [0, 0.05) is 43.0 Å².